The monoisotopic (exact) mass is 608 g/mol. The minimum absolute atomic E-state index is 0.0180. The van der Waals surface area contributed by atoms with E-state index in [1.54, 1.807) is 19.9 Å². The third kappa shape index (κ3) is 5.44. The van der Waals surface area contributed by atoms with Gasteiger partial charge in [-0.3, -0.25) is 14.2 Å². The molecule has 1 saturated heterocycles. The first-order chi connectivity index (χ1) is 19.0. The first-order valence-electron chi connectivity index (χ1n) is 12.2. The summed E-state index contributed by atoms with van der Waals surface area (Å²) in [6.45, 7) is 5.51. The molecule has 0 spiro atoms. The lowest BCUT2D eigenvalue weighted by Crippen LogP contribution is -2.53. The highest BCUT2D eigenvalue weighted by Crippen LogP contribution is 2.46. The van der Waals surface area contributed by atoms with Gasteiger partial charge in [0.1, 0.15) is 11.6 Å². The zero-order valence-corrected chi connectivity index (χ0v) is 24.4. The van der Waals surface area contributed by atoms with Crippen molar-refractivity contribution in [2.24, 2.45) is 5.41 Å². The quantitative estimate of drug-likeness (QED) is 0.110. The van der Waals surface area contributed by atoms with E-state index in [0.717, 1.165) is 0 Å². The molecular formula is C26H26Cl2N4O7S. The van der Waals surface area contributed by atoms with Gasteiger partial charge in [0.2, 0.25) is 10.9 Å². The number of fused-ring (bicyclic) bond motifs is 1. The van der Waals surface area contributed by atoms with E-state index in [1.165, 1.54) is 36.1 Å². The van der Waals surface area contributed by atoms with Gasteiger partial charge in [-0.05, 0) is 54.8 Å². The Bertz CT molecular complexity index is 1470. The Morgan fingerprint density at radius 1 is 1.30 bits per heavy atom. The topological polar surface area (TPSA) is 132 Å². The standard InChI is InChI=1S/C26H26Cl2N4O7S/c1-6-25(5)17(11-37-26(14(3)33,23(35)36-7-2)10-16-8-9-40-12-16)39-22(19(25)38-15(4)34)32-13-29-18-20(27)30-24(28)31-21(18)32/h1,8-9,12-13,17,19,22H,7,10-11H2,2-5H3/t17-,19+,22-,25+,26?/m1/s1. The largest absolute Gasteiger partial charge is 0.463 e. The molecule has 0 N–H and O–H groups in total. The summed E-state index contributed by atoms with van der Waals surface area (Å²) in [6.07, 6.45) is 4.26. The fraction of sp³-hybridized carbons (Fsp3) is 0.462. The smallest absolute Gasteiger partial charge is 0.346 e. The lowest BCUT2D eigenvalue weighted by atomic mass is 9.81. The van der Waals surface area contributed by atoms with Crippen molar-refractivity contribution in [2.75, 3.05) is 13.2 Å². The summed E-state index contributed by atoms with van der Waals surface area (Å²) in [5.41, 5.74) is -2.06. The number of thiophene rings is 1. The van der Waals surface area contributed by atoms with Crippen molar-refractivity contribution >= 4 is 63.4 Å². The van der Waals surface area contributed by atoms with E-state index >= 15 is 0 Å². The number of Topliss-reactive ketones (excluding diaryl/α,β-unsaturated/α-hetero) is 1. The van der Waals surface area contributed by atoms with E-state index in [9.17, 15) is 14.4 Å². The van der Waals surface area contributed by atoms with Crippen LogP contribution in [0.2, 0.25) is 10.4 Å². The molecule has 1 fully saturated rings. The van der Waals surface area contributed by atoms with Crippen molar-refractivity contribution in [2.45, 2.75) is 58.2 Å². The van der Waals surface area contributed by atoms with Gasteiger partial charge in [0.15, 0.2) is 28.9 Å². The summed E-state index contributed by atoms with van der Waals surface area (Å²) >= 11 is 13.6. The lowest BCUT2D eigenvalue weighted by Gasteiger charge is -2.33. The lowest BCUT2D eigenvalue weighted by molar-refractivity contribution is -0.182. The summed E-state index contributed by atoms with van der Waals surface area (Å²) < 4.78 is 24.9. The number of ketones is 1. The number of carbonyl (C=O) groups is 3. The van der Waals surface area contributed by atoms with Crippen LogP contribution in [0.5, 0.6) is 0 Å². The van der Waals surface area contributed by atoms with Crippen molar-refractivity contribution in [1.82, 2.24) is 19.5 Å². The highest BCUT2D eigenvalue weighted by atomic mass is 35.5. The third-order valence-corrected chi connectivity index (χ3v) is 7.91. The van der Waals surface area contributed by atoms with E-state index in [0.29, 0.717) is 5.56 Å². The second-order valence-electron chi connectivity index (χ2n) is 9.30. The van der Waals surface area contributed by atoms with Crippen LogP contribution in [-0.2, 0) is 39.8 Å². The fourth-order valence-electron chi connectivity index (χ4n) is 4.56. The number of nitrogens with zero attached hydrogens (tertiary/aromatic N) is 4. The zero-order chi connectivity index (χ0) is 29.2. The molecule has 3 aromatic heterocycles. The SMILES string of the molecule is C#C[C@@]1(C)[C@@H](COC(Cc2ccsc2)(C(C)=O)C(=O)OCC)O[C@@H](n2cnc3c(Cl)nc(Cl)nc32)[C@@H]1OC(C)=O. The first-order valence-corrected chi connectivity index (χ1v) is 13.9. The molecule has 5 atom stereocenters. The van der Waals surface area contributed by atoms with E-state index in [1.807, 2.05) is 10.8 Å². The van der Waals surface area contributed by atoms with Crippen LogP contribution in [0.1, 0.15) is 39.5 Å². The Balaban J connectivity index is 1.74. The number of halogens is 2. The van der Waals surface area contributed by atoms with Crippen LogP contribution in [0.15, 0.2) is 23.2 Å². The molecule has 0 amide bonds. The van der Waals surface area contributed by atoms with Crippen molar-refractivity contribution in [3.05, 3.63) is 39.2 Å². The van der Waals surface area contributed by atoms with Crippen LogP contribution in [0.25, 0.3) is 11.2 Å². The first kappa shape index (κ1) is 29.9. The van der Waals surface area contributed by atoms with Gasteiger partial charge >= 0.3 is 11.9 Å². The van der Waals surface area contributed by atoms with E-state index in [4.69, 9.17) is 48.6 Å². The summed E-state index contributed by atoms with van der Waals surface area (Å²) in [6, 6.07) is 1.79. The molecule has 0 aliphatic carbocycles. The second-order valence-corrected chi connectivity index (χ2v) is 10.8. The Kier molecular flexibility index (Phi) is 8.82. The Labute approximate surface area is 244 Å². The van der Waals surface area contributed by atoms with Gasteiger partial charge in [-0.2, -0.15) is 16.3 Å². The molecule has 3 aromatic rings. The van der Waals surface area contributed by atoms with Gasteiger partial charge in [0.25, 0.3) is 0 Å². The highest BCUT2D eigenvalue weighted by molar-refractivity contribution is 7.07. The van der Waals surface area contributed by atoms with Gasteiger partial charge < -0.3 is 18.9 Å². The zero-order valence-electron chi connectivity index (χ0n) is 22.1. The average molecular weight is 609 g/mol. The molecule has 11 nitrogen and oxygen atoms in total. The molecule has 40 heavy (non-hydrogen) atoms. The van der Waals surface area contributed by atoms with Crippen LogP contribution in [-0.4, -0.2) is 68.3 Å². The minimum Gasteiger partial charge on any atom is -0.463 e. The molecule has 4 heterocycles. The van der Waals surface area contributed by atoms with Crippen LogP contribution < -0.4 is 0 Å². The molecule has 0 radical (unpaired) electrons. The van der Waals surface area contributed by atoms with Crippen molar-refractivity contribution in [1.29, 1.82) is 0 Å². The molecule has 4 rings (SSSR count). The molecule has 1 aliphatic heterocycles. The number of carbonyl (C=O) groups excluding carboxylic acids is 3. The molecule has 0 bridgehead atoms. The van der Waals surface area contributed by atoms with Gasteiger partial charge in [-0.1, -0.05) is 17.5 Å². The number of terminal acetylenes is 1. The Morgan fingerprint density at radius 2 is 2.05 bits per heavy atom. The van der Waals surface area contributed by atoms with Gasteiger partial charge in [0.05, 0.1) is 25.0 Å². The maximum absolute atomic E-state index is 13.2. The second kappa shape index (κ2) is 11.8. The average Bonchev–Trinajstić information content (AvgIpc) is 3.61. The third-order valence-electron chi connectivity index (χ3n) is 6.74. The molecule has 1 aliphatic rings. The number of aromatic nitrogens is 4. The molecule has 212 valence electrons. The number of ether oxygens (including phenoxy) is 4. The molecule has 1 unspecified atom stereocenters. The van der Waals surface area contributed by atoms with Crippen LogP contribution in [0.3, 0.4) is 0 Å². The fourth-order valence-corrected chi connectivity index (χ4v) is 5.65. The maximum atomic E-state index is 13.2. The van der Waals surface area contributed by atoms with Gasteiger partial charge in [0, 0.05) is 13.3 Å². The predicted octanol–water partition coefficient (Wildman–Crippen LogP) is 3.81. The van der Waals surface area contributed by atoms with Crippen LogP contribution in [0.4, 0.5) is 0 Å². The van der Waals surface area contributed by atoms with E-state index in [-0.39, 0.29) is 41.2 Å². The molecule has 14 heteroatoms. The van der Waals surface area contributed by atoms with Gasteiger partial charge in [-0.15, -0.1) is 6.42 Å². The number of esters is 2. The highest BCUT2D eigenvalue weighted by Gasteiger charge is 2.58. The molecule has 0 aromatic carbocycles. The van der Waals surface area contributed by atoms with E-state index in [2.05, 4.69) is 20.9 Å². The van der Waals surface area contributed by atoms with Crippen molar-refractivity contribution in [3.8, 4) is 12.3 Å². The number of rotatable bonds is 10. The Morgan fingerprint density at radius 3 is 2.65 bits per heavy atom. The maximum Gasteiger partial charge on any atom is 0.346 e. The summed E-state index contributed by atoms with van der Waals surface area (Å²) in [5, 5.41) is 3.53. The van der Waals surface area contributed by atoms with Crippen molar-refractivity contribution < 1.29 is 33.3 Å². The van der Waals surface area contributed by atoms with Crippen molar-refractivity contribution in [3.63, 3.8) is 0 Å². The summed E-state index contributed by atoms with van der Waals surface area (Å²) in [7, 11) is 0. The van der Waals surface area contributed by atoms with Gasteiger partial charge in [-0.25, -0.2) is 14.8 Å². The minimum atomic E-state index is -1.96. The Hall–Kier alpha value is -3.08. The predicted molar refractivity (Wildman–Crippen MR) is 146 cm³/mol. The normalized spacial score (nSPS) is 23.9. The number of hydrogen-bond acceptors (Lipinski definition) is 11. The van der Waals surface area contributed by atoms with Crippen LogP contribution >= 0.6 is 34.5 Å². The summed E-state index contributed by atoms with van der Waals surface area (Å²) in [4.78, 5) is 50.7. The van der Waals surface area contributed by atoms with E-state index < -0.39 is 47.2 Å². The van der Waals surface area contributed by atoms with Crippen LogP contribution in [0, 0.1) is 17.8 Å². The molecule has 0 saturated carbocycles. The molecular weight excluding hydrogens is 583 g/mol. The number of hydrogen-bond donors (Lipinski definition) is 0. The summed E-state index contributed by atoms with van der Waals surface area (Å²) in [5.74, 6) is 0.683. The number of imidazole rings is 1.